The second-order valence-electron chi connectivity index (χ2n) is 6.31. The second kappa shape index (κ2) is 9.53. The minimum atomic E-state index is -4.50. The summed E-state index contributed by atoms with van der Waals surface area (Å²) in [6, 6.07) is 11.7. The van der Waals surface area contributed by atoms with Gasteiger partial charge < -0.3 is 5.32 Å². The first-order valence-corrected chi connectivity index (χ1v) is 10.4. The summed E-state index contributed by atoms with van der Waals surface area (Å²) in [6.07, 6.45) is -3.70. The van der Waals surface area contributed by atoms with Crippen LogP contribution >= 0.6 is 23.4 Å². The lowest BCUT2D eigenvalue weighted by molar-refractivity contribution is -0.137. The number of carbonyl (C=O) groups excluding carboxylic acids is 1. The molecular formula is C20H18ClF3N4OS. The Labute approximate surface area is 180 Å². The zero-order valence-electron chi connectivity index (χ0n) is 15.9. The van der Waals surface area contributed by atoms with E-state index in [1.54, 1.807) is 24.3 Å². The molecule has 0 atom stereocenters. The quantitative estimate of drug-likeness (QED) is 0.497. The lowest BCUT2D eigenvalue weighted by Gasteiger charge is -2.13. The van der Waals surface area contributed by atoms with Gasteiger partial charge in [0, 0.05) is 12.1 Å². The summed E-state index contributed by atoms with van der Waals surface area (Å²) < 4.78 is 41.2. The number of thioether (sulfide) groups is 1. The number of aromatic nitrogens is 3. The predicted octanol–water partition coefficient (Wildman–Crippen LogP) is 5.22. The highest BCUT2D eigenvalue weighted by molar-refractivity contribution is 7.99. The van der Waals surface area contributed by atoms with Crippen LogP contribution in [0.3, 0.4) is 0 Å². The molecule has 0 unspecified atom stereocenters. The summed E-state index contributed by atoms with van der Waals surface area (Å²) in [7, 11) is 0. The number of hydrogen-bond acceptors (Lipinski definition) is 4. The van der Waals surface area contributed by atoms with Crippen LogP contribution in [-0.2, 0) is 11.0 Å². The van der Waals surface area contributed by atoms with Crippen LogP contribution in [0, 0.1) is 0 Å². The fourth-order valence-electron chi connectivity index (χ4n) is 2.68. The van der Waals surface area contributed by atoms with Gasteiger partial charge in [-0.05, 0) is 36.8 Å². The average Bonchev–Trinajstić information content (AvgIpc) is 3.14. The minimum Gasteiger partial charge on any atom is -0.355 e. The maximum absolute atomic E-state index is 13.3. The molecule has 3 aromatic rings. The van der Waals surface area contributed by atoms with E-state index in [0.717, 1.165) is 30.3 Å². The first-order chi connectivity index (χ1) is 14.3. The third-order valence-electron chi connectivity index (χ3n) is 4.08. The average molecular weight is 455 g/mol. The molecule has 0 aliphatic rings. The van der Waals surface area contributed by atoms with Crippen molar-refractivity contribution in [3.05, 3.63) is 59.1 Å². The van der Waals surface area contributed by atoms with E-state index < -0.39 is 11.7 Å². The van der Waals surface area contributed by atoms with Crippen molar-refractivity contribution in [2.45, 2.75) is 24.7 Å². The Balaban J connectivity index is 2.05. The van der Waals surface area contributed by atoms with Crippen molar-refractivity contribution in [2.24, 2.45) is 0 Å². The fourth-order valence-corrected chi connectivity index (χ4v) is 3.68. The van der Waals surface area contributed by atoms with E-state index in [0.29, 0.717) is 17.1 Å². The Morgan fingerprint density at radius 2 is 1.93 bits per heavy atom. The molecule has 0 spiro atoms. The normalized spacial score (nSPS) is 11.5. The first kappa shape index (κ1) is 22.2. The summed E-state index contributed by atoms with van der Waals surface area (Å²) >= 11 is 7.37. The summed E-state index contributed by atoms with van der Waals surface area (Å²) in [4.78, 5) is 12.0. The molecule has 5 nitrogen and oxygen atoms in total. The van der Waals surface area contributed by atoms with E-state index in [1.165, 1.54) is 16.7 Å². The van der Waals surface area contributed by atoms with Gasteiger partial charge >= 0.3 is 6.18 Å². The highest BCUT2D eigenvalue weighted by Crippen LogP contribution is 2.34. The smallest absolute Gasteiger partial charge is 0.355 e. The van der Waals surface area contributed by atoms with Crippen molar-refractivity contribution in [3.63, 3.8) is 0 Å². The fraction of sp³-hybridized carbons (Fsp3) is 0.250. The molecule has 3 rings (SSSR count). The molecule has 30 heavy (non-hydrogen) atoms. The second-order valence-corrected chi connectivity index (χ2v) is 7.66. The van der Waals surface area contributed by atoms with E-state index in [1.807, 2.05) is 6.92 Å². The minimum absolute atomic E-state index is 0.0552. The van der Waals surface area contributed by atoms with E-state index >= 15 is 0 Å². The van der Waals surface area contributed by atoms with Crippen molar-refractivity contribution in [1.29, 1.82) is 0 Å². The Hall–Kier alpha value is -2.52. The van der Waals surface area contributed by atoms with Crippen molar-refractivity contribution < 1.29 is 18.0 Å². The number of rotatable bonds is 7. The molecule has 1 amide bonds. The highest BCUT2D eigenvalue weighted by Gasteiger charge is 2.31. The van der Waals surface area contributed by atoms with Gasteiger partial charge in [0.1, 0.15) is 0 Å². The van der Waals surface area contributed by atoms with E-state index in [9.17, 15) is 18.0 Å². The standard InChI is InChI=1S/C20H18ClF3N4OS/c1-2-10-25-17(29)12-30-19-27-26-18(15-8-3-4-9-16(15)21)28(19)14-7-5-6-13(11-14)20(22,23)24/h3-9,11H,2,10,12H2,1H3,(H,25,29). The van der Waals surface area contributed by atoms with E-state index in [4.69, 9.17) is 11.6 Å². The molecule has 0 aliphatic heterocycles. The molecule has 2 aromatic carbocycles. The zero-order chi connectivity index (χ0) is 21.7. The Bertz CT molecular complexity index is 1040. The third kappa shape index (κ3) is 5.14. The number of alkyl halides is 3. The van der Waals surface area contributed by atoms with Crippen LogP contribution in [0.15, 0.2) is 53.7 Å². The van der Waals surface area contributed by atoms with Crippen molar-refractivity contribution in [2.75, 3.05) is 12.3 Å². The summed E-state index contributed by atoms with van der Waals surface area (Å²) in [5.74, 6) is 0.149. The maximum Gasteiger partial charge on any atom is 0.416 e. The van der Waals surface area contributed by atoms with Crippen LogP contribution in [0.5, 0.6) is 0 Å². The predicted molar refractivity (Wildman–Crippen MR) is 111 cm³/mol. The molecule has 0 saturated heterocycles. The molecule has 1 N–H and O–H groups in total. The molecule has 0 fully saturated rings. The number of hydrogen-bond donors (Lipinski definition) is 1. The Morgan fingerprint density at radius 3 is 2.63 bits per heavy atom. The molecule has 0 aliphatic carbocycles. The Kier molecular flexibility index (Phi) is 7.04. The summed E-state index contributed by atoms with van der Waals surface area (Å²) in [5.41, 5.74) is -0.0528. The van der Waals surface area contributed by atoms with Gasteiger partial charge in [-0.3, -0.25) is 9.36 Å². The molecule has 1 heterocycles. The third-order valence-corrected chi connectivity index (χ3v) is 5.34. The molecule has 158 valence electrons. The van der Waals surface area contributed by atoms with Gasteiger partial charge in [-0.1, -0.05) is 48.5 Å². The van der Waals surface area contributed by atoms with Crippen molar-refractivity contribution in [1.82, 2.24) is 20.1 Å². The van der Waals surface area contributed by atoms with Gasteiger partial charge in [-0.25, -0.2) is 0 Å². The van der Waals surface area contributed by atoms with Crippen LogP contribution in [0.25, 0.3) is 17.1 Å². The van der Waals surface area contributed by atoms with Gasteiger partial charge in [0.15, 0.2) is 11.0 Å². The highest BCUT2D eigenvalue weighted by atomic mass is 35.5. The molecule has 1 aromatic heterocycles. The summed E-state index contributed by atoms with van der Waals surface area (Å²) in [5, 5.41) is 11.7. The van der Waals surface area contributed by atoms with Gasteiger partial charge in [-0.2, -0.15) is 13.2 Å². The first-order valence-electron chi connectivity index (χ1n) is 9.08. The number of halogens is 4. The largest absolute Gasteiger partial charge is 0.416 e. The van der Waals surface area contributed by atoms with Gasteiger partial charge in [0.05, 0.1) is 22.0 Å². The zero-order valence-corrected chi connectivity index (χ0v) is 17.5. The van der Waals surface area contributed by atoms with Gasteiger partial charge in [0.25, 0.3) is 0 Å². The van der Waals surface area contributed by atoms with Crippen LogP contribution in [-0.4, -0.2) is 33.0 Å². The van der Waals surface area contributed by atoms with Gasteiger partial charge in [-0.15, -0.1) is 10.2 Å². The SMILES string of the molecule is CCCNC(=O)CSc1nnc(-c2ccccc2Cl)n1-c1cccc(C(F)(F)F)c1. The van der Waals surface area contributed by atoms with Gasteiger partial charge in [0.2, 0.25) is 5.91 Å². The molecule has 0 radical (unpaired) electrons. The summed E-state index contributed by atoms with van der Waals surface area (Å²) in [6.45, 7) is 2.48. The maximum atomic E-state index is 13.3. The van der Waals surface area contributed by atoms with Crippen LogP contribution < -0.4 is 5.32 Å². The van der Waals surface area contributed by atoms with Crippen LogP contribution in [0.4, 0.5) is 13.2 Å². The number of carbonyl (C=O) groups is 1. The molecule has 0 saturated carbocycles. The lowest BCUT2D eigenvalue weighted by Crippen LogP contribution is -2.25. The number of nitrogens with one attached hydrogen (secondary N) is 1. The molecule has 0 bridgehead atoms. The number of amides is 1. The number of benzene rings is 2. The number of nitrogens with zero attached hydrogens (tertiary/aromatic N) is 3. The molecule has 10 heteroatoms. The Morgan fingerprint density at radius 1 is 1.17 bits per heavy atom. The van der Waals surface area contributed by atoms with E-state index in [-0.39, 0.29) is 28.3 Å². The van der Waals surface area contributed by atoms with E-state index in [2.05, 4.69) is 15.5 Å². The van der Waals surface area contributed by atoms with Crippen LogP contribution in [0.1, 0.15) is 18.9 Å². The molecular weight excluding hydrogens is 437 g/mol. The monoisotopic (exact) mass is 454 g/mol. The topological polar surface area (TPSA) is 59.8 Å². The van der Waals surface area contributed by atoms with Crippen LogP contribution in [0.2, 0.25) is 5.02 Å². The van der Waals surface area contributed by atoms with Crippen molar-refractivity contribution in [3.8, 4) is 17.1 Å². The van der Waals surface area contributed by atoms with Crippen molar-refractivity contribution >= 4 is 29.3 Å². The lowest BCUT2D eigenvalue weighted by atomic mass is 10.1.